The van der Waals surface area contributed by atoms with Crippen LogP contribution in [0.4, 0.5) is 11.4 Å². The number of ether oxygens (including phenoxy) is 3. The lowest BCUT2D eigenvalue weighted by atomic mass is 10.2. The third-order valence-corrected chi connectivity index (χ3v) is 5.00. The van der Waals surface area contributed by atoms with Crippen LogP contribution < -0.4 is 30.3 Å². The van der Waals surface area contributed by atoms with Crippen LogP contribution in [-0.4, -0.2) is 44.3 Å². The molecular formula is C27H25ClN4O6. The normalized spacial score (nSPS) is 10.4. The van der Waals surface area contributed by atoms with E-state index in [1.54, 1.807) is 60.7 Å². The summed E-state index contributed by atoms with van der Waals surface area (Å²) in [4.78, 5) is 36.4. The zero-order valence-electron chi connectivity index (χ0n) is 20.4. The number of carbonyl (C=O) groups is 3. The predicted molar refractivity (Wildman–Crippen MR) is 145 cm³/mol. The van der Waals surface area contributed by atoms with Gasteiger partial charge in [0, 0.05) is 11.4 Å². The Morgan fingerprint density at radius 2 is 1.66 bits per heavy atom. The van der Waals surface area contributed by atoms with Crippen molar-refractivity contribution in [1.29, 1.82) is 0 Å². The summed E-state index contributed by atoms with van der Waals surface area (Å²) in [5.41, 5.74) is 3.63. The molecule has 196 valence electrons. The molecular weight excluding hydrogens is 512 g/mol. The number of benzene rings is 3. The second kappa shape index (κ2) is 14.0. The Bertz CT molecular complexity index is 1310. The number of amides is 3. The number of rotatable bonds is 11. The van der Waals surface area contributed by atoms with Crippen molar-refractivity contribution in [2.24, 2.45) is 5.10 Å². The molecule has 11 heteroatoms. The predicted octanol–water partition coefficient (Wildman–Crippen LogP) is 4.02. The molecule has 0 bridgehead atoms. The highest BCUT2D eigenvalue weighted by Gasteiger charge is 2.15. The van der Waals surface area contributed by atoms with E-state index in [0.717, 1.165) is 0 Å². The van der Waals surface area contributed by atoms with Crippen molar-refractivity contribution in [2.75, 3.05) is 31.0 Å². The molecule has 3 aromatic rings. The third kappa shape index (κ3) is 8.38. The number of halogens is 1. The number of anilines is 2. The van der Waals surface area contributed by atoms with Crippen molar-refractivity contribution in [3.8, 4) is 17.2 Å². The second-order valence-corrected chi connectivity index (χ2v) is 7.92. The number of hydrogen-bond donors (Lipinski definition) is 3. The van der Waals surface area contributed by atoms with Crippen LogP contribution in [-0.2, 0) is 14.4 Å². The van der Waals surface area contributed by atoms with Gasteiger partial charge in [-0.05, 0) is 54.1 Å². The first-order valence-corrected chi connectivity index (χ1v) is 11.6. The van der Waals surface area contributed by atoms with E-state index < -0.39 is 11.8 Å². The molecule has 10 nitrogen and oxygen atoms in total. The molecule has 38 heavy (non-hydrogen) atoms. The zero-order valence-corrected chi connectivity index (χ0v) is 21.2. The highest BCUT2D eigenvalue weighted by Crippen LogP contribution is 2.36. The minimum Gasteiger partial charge on any atom is -0.493 e. The number of carbonyl (C=O) groups excluding carboxylic acids is 3. The van der Waals surface area contributed by atoms with Crippen LogP contribution in [0.15, 0.2) is 84.5 Å². The van der Waals surface area contributed by atoms with E-state index >= 15 is 0 Å². The van der Waals surface area contributed by atoms with Crippen LogP contribution in [0.2, 0.25) is 5.02 Å². The monoisotopic (exact) mass is 536 g/mol. The molecule has 0 atom stereocenters. The summed E-state index contributed by atoms with van der Waals surface area (Å²) >= 11 is 6.31. The lowest BCUT2D eigenvalue weighted by molar-refractivity contribution is -0.136. The molecule has 3 amide bonds. The maximum Gasteiger partial charge on any atom is 0.329 e. The van der Waals surface area contributed by atoms with E-state index in [9.17, 15) is 14.4 Å². The van der Waals surface area contributed by atoms with Crippen LogP contribution in [0, 0.1) is 0 Å². The van der Waals surface area contributed by atoms with E-state index in [-0.39, 0.29) is 29.0 Å². The molecule has 0 fully saturated rings. The van der Waals surface area contributed by atoms with E-state index in [2.05, 4.69) is 27.7 Å². The van der Waals surface area contributed by atoms with Crippen LogP contribution in [0.3, 0.4) is 0 Å². The Hall–Kier alpha value is -4.83. The van der Waals surface area contributed by atoms with Gasteiger partial charge < -0.3 is 24.8 Å². The SMILES string of the molecule is C=CCOc1ccc(NC(=O)C(=O)N/N=C\c2cc(Cl)c(OCC(=O)Nc3ccccc3)c(OC)c2)cc1. The summed E-state index contributed by atoms with van der Waals surface area (Å²) in [5, 5.41) is 9.10. The molecule has 0 aliphatic heterocycles. The van der Waals surface area contributed by atoms with Crippen molar-refractivity contribution in [3.05, 3.63) is 90.0 Å². The van der Waals surface area contributed by atoms with Gasteiger partial charge in [0.05, 0.1) is 18.3 Å². The zero-order chi connectivity index (χ0) is 27.3. The van der Waals surface area contributed by atoms with Crippen molar-refractivity contribution in [1.82, 2.24) is 5.43 Å². The number of para-hydroxylation sites is 1. The van der Waals surface area contributed by atoms with Crippen molar-refractivity contribution in [2.45, 2.75) is 0 Å². The van der Waals surface area contributed by atoms with E-state index in [4.69, 9.17) is 25.8 Å². The molecule has 0 unspecified atom stereocenters. The van der Waals surface area contributed by atoms with Gasteiger partial charge in [-0.15, -0.1) is 0 Å². The molecule has 3 rings (SSSR count). The second-order valence-electron chi connectivity index (χ2n) is 7.51. The third-order valence-electron chi connectivity index (χ3n) is 4.72. The Labute approximate surface area is 224 Å². The van der Waals surface area contributed by atoms with E-state index in [1.165, 1.54) is 19.4 Å². The lowest BCUT2D eigenvalue weighted by Gasteiger charge is -2.13. The van der Waals surface area contributed by atoms with Gasteiger partial charge in [0.25, 0.3) is 5.91 Å². The van der Waals surface area contributed by atoms with Gasteiger partial charge in [-0.2, -0.15) is 5.10 Å². The van der Waals surface area contributed by atoms with Crippen molar-refractivity contribution < 1.29 is 28.6 Å². The molecule has 0 heterocycles. The van der Waals surface area contributed by atoms with Gasteiger partial charge >= 0.3 is 11.8 Å². The summed E-state index contributed by atoms with van der Waals surface area (Å²) in [6.07, 6.45) is 2.89. The molecule has 0 aliphatic carbocycles. The average molecular weight is 537 g/mol. The minimum atomic E-state index is -0.976. The Balaban J connectivity index is 1.54. The summed E-state index contributed by atoms with van der Waals surface area (Å²) in [5.74, 6) is -1.25. The maximum atomic E-state index is 12.2. The number of methoxy groups -OCH3 is 1. The number of nitrogens with zero attached hydrogens (tertiary/aromatic N) is 1. The Morgan fingerprint density at radius 3 is 2.34 bits per heavy atom. The quantitative estimate of drug-likeness (QED) is 0.147. The highest BCUT2D eigenvalue weighted by atomic mass is 35.5. The van der Waals surface area contributed by atoms with Gasteiger partial charge in [0.15, 0.2) is 18.1 Å². The molecule has 3 N–H and O–H groups in total. The van der Waals surface area contributed by atoms with Gasteiger partial charge in [-0.3, -0.25) is 14.4 Å². The van der Waals surface area contributed by atoms with Gasteiger partial charge in [0.1, 0.15) is 12.4 Å². The fraction of sp³-hybridized carbons (Fsp3) is 0.111. The summed E-state index contributed by atoms with van der Waals surface area (Å²) in [7, 11) is 1.41. The molecule has 0 saturated heterocycles. The summed E-state index contributed by atoms with van der Waals surface area (Å²) in [6.45, 7) is 3.62. The number of hydrazone groups is 1. The highest BCUT2D eigenvalue weighted by molar-refractivity contribution is 6.39. The van der Waals surface area contributed by atoms with Crippen LogP contribution in [0.25, 0.3) is 0 Å². The van der Waals surface area contributed by atoms with Gasteiger partial charge in [-0.1, -0.05) is 42.5 Å². The maximum absolute atomic E-state index is 12.2. The van der Waals surface area contributed by atoms with Crippen LogP contribution in [0.1, 0.15) is 5.56 Å². The first-order valence-electron chi connectivity index (χ1n) is 11.2. The molecule has 0 aromatic heterocycles. The van der Waals surface area contributed by atoms with Crippen molar-refractivity contribution >= 4 is 46.9 Å². The molecule has 0 aliphatic rings. The molecule has 0 saturated carbocycles. The van der Waals surface area contributed by atoms with Crippen molar-refractivity contribution in [3.63, 3.8) is 0 Å². The number of hydrogen-bond acceptors (Lipinski definition) is 7. The standard InChI is InChI=1S/C27H25ClN4O6/c1-3-13-37-21-11-9-20(10-12-21)31-26(34)27(35)32-29-16-18-14-22(28)25(23(15-18)36-2)38-17-24(33)30-19-7-5-4-6-8-19/h3-12,14-16H,1,13,17H2,2H3,(H,30,33)(H,31,34)(H,32,35)/b29-16-. The largest absolute Gasteiger partial charge is 0.493 e. The lowest BCUT2D eigenvalue weighted by Crippen LogP contribution is -2.32. The minimum absolute atomic E-state index is 0.155. The van der Waals surface area contributed by atoms with Crippen LogP contribution in [0.5, 0.6) is 17.2 Å². The fourth-order valence-corrected chi connectivity index (χ4v) is 3.28. The van der Waals surface area contributed by atoms with E-state index in [1.807, 2.05) is 6.07 Å². The molecule has 0 radical (unpaired) electrons. The summed E-state index contributed by atoms with van der Waals surface area (Å²) < 4.78 is 16.2. The topological polar surface area (TPSA) is 127 Å². The summed E-state index contributed by atoms with van der Waals surface area (Å²) in [6, 6.07) is 18.5. The van der Waals surface area contributed by atoms with Gasteiger partial charge in [-0.25, -0.2) is 5.43 Å². The van der Waals surface area contributed by atoms with E-state index in [0.29, 0.717) is 29.3 Å². The molecule has 3 aromatic carbocycles. The number of nitrogens with one attached hydrogen (secondary N) is 3. The van der Waals surface area contributed by atoms with Crippen LogP contribution >= 0.6 is 11.6 Å². The first kappa shape index (κ1) is 27.8. The Morgan fingerprint density at radius 1 is 0.947 bits per heavy atom. The smallest absolute Gasteiger partial charge is 0.329 e. The Kier molecular flexibility index (Phi) is 10.3. The molecule has 0 spiro atoms. The fourth-order valence-electron chi connectivity index (χ4n) is 3.00. The average Bonchev–Trinajstić information content (AvgIpc) is 2.92. The van der Waals surface area contributed by atoms with Gasteiger partial charge in [0.2, 0.25) is 0 Å². The first-order chi connectivity index (χ1) is 18.4.